The molecular formula is C48H49F6N3O3. The number of aliphatic hydroxyl groups is 2. The monoisotopic (exact) mass is 829 g/mol. The highest BCUT2D eigenvalue weighted by Crippen LogP contribution is 2.48. The van der Waals surface area contributed by atoms with Crippen molar-refractivity contribution in [2.45, 2.75) is 108 Å². The van der Waals surface area contributed by atoms with E-state index in [1.807, 2.05) is 0 Å². The number of aryl methyl sites for hydroxylation is 3. The van der Waals surface area contributed by atoms with Gasteiger partial charge in [-0.2, -0.15) is 31.6 Å². The number of aromatic nitrogens is 2. The van der Waals surface area contributed by atoms with E-state index in [0.717, 1.165) is 5.56 Å². The smallest absolute Gasteiger partial charge is 0.417 e. The Morgan fingerprint density at radius 2 is 1.37 bits per heavy atom. The molecule has 0 amide bonds. The molecule has 0 saturated heterocycles. The summed E-state index contributed by atoms with van der Waals surface area (Å²) >= 11 is 0. The van der Waals surface area contributed by atoms with Gasteiger partial charge in [0.15, 0.2) is 11.2 Å². The first-order valence-corrected chi connectivity index (χ1v) is 19.6. The first-order valence-electron chi connectivity index (χ1n) is 19.6. The highest BCUT2D eigenvalue weighted by molar-refractivity contribution is 5.86. The zero-order chi connectivity index (χ0) is 44.1. The van der Waals surface area contributed by atoms with Crippen molar-refractivity contribution >= 4 is 21.8 Å². The Morgan fingerprint density at radius 1 is 0.717 bits per heavy atom. The fourth-order valence-electron chi connectivity index (χ4n) is 9.10. The Balaban J connectivity index is 1.55. The number of benzene rings is 4. The Labute approximate surface area is 346 Å². The minimum Gasteiger partial charge on any atom is -0.496 e. The molecule has 0 aliphatic rings. The van der Waals surface area contributed by atoms with Crippen LogP contribution in [0.15, 0.2) is 97.2 Å². The molecule has 2 heterocycles. The molecule has 3 atom stereocenters. The van der Waals surface area contributed by atoms with Gasteiger partial charge in [-0.05, 0) is 97.7 Å². The average molecular weight is 830 g/mol. The summed E-state index contributed by atoms with van der Waals surface area (Å²) in [5.74, 6) is 0.356. The quantitative estimate of drug-likeness (QED) is 0.113. The number of alkyl halides is 6. The first kappa shape index (κ1) is 44.2. The first-order chi connectivity index (χ1) is 27.9. The van der Waals surface area contributed by atoms with Gasteiger partial charge in [0.1, 0.15) is 5.75 Å². The van der Waals surface area contributed by atoms with Crippen LogP contribution in [0, 0.1) is 32.1 Å². The van der Waals surface area contributed by atoms with Crippen LogP contribution in [0.3, 0.4) is 0 Å². The molecule has 0 saturated carbocycles. The van der Waals surface area contributed by atoms with Gasteiger partial charge in [0.05, 0.1) is 24.3 Å². The van der Waals surface area contributed by atoms with Gasteiger partial charge < -0.3 is 19.5 Å². The second-order valence-corrected chi connectivity index (χ2v) is 17.3. The lowest BCUT2D eigenvalue weighted by Crippen LogP contribution is -2.53. The number of para-hydroxylation sites is 1. The molecule has 0 bridgehead atoms. The standard InChI is InChI=1S/C48H49F6N3O3/c1-30-16-17-42(60-7)39(20-30)43(4,5)27-46(59,48(52,53)54)25-35-23-37-32(3)21-33(26-55)22-41(37)57(35)29-44(6,38-14-10-8-12-31(38)2)28-45(58,47(49,50)51)24-34-18-19-56-40-15-11-9-13-36(34)40/h8-23,58-59H,24-25,27-29H2,1-7H3. The fourth-order valence-corrected chi connectivity index (χ4v) is 9.10. The molecule has 0 spiro atoms. The lowest BCUT2D eigenvalue weighted by molar-refractivity contribution is -0.267. The van der Waals surface area contributed by atoms with E-state index in [0.29, 0.717) is 49.8 Å². The van der Waals surface area contributed by atoms with Gasteiger partial charge in [0.25, 0.3) is 0 Å². The number of ether oxygens (including phenoxy) is 1. The number of halogens is 6. The molecule has 3 unspecified atom stereocenters. The summed E-state index contributed by atoms with van der Waals surface area (Å²) in [6.45, 7) is 9.63. The van der Waals surface area contributed by atoms with Crippen LogP contribution >= 0.6 is 0 Å². The molecule has 316 valence electrons. The fraction of sp³-hybridized carbons (Fsp3) is 0.375. The summed E-state index contributed by atoms with van der Waals surface area (Å²) in [5, 5.41) is 35.0. The van der Waals surface area contributed by atoms with Crippen molar-refractivity contribution in [3.05, 3.63) is 142 Å². The van der Waals surface area contributed by atoms with Crippen LogP contribution in [0.1, 0.15) is 78.3 Å². The zero-order valence-electron chi connectivity index (χ0n) is 34.7. The summed E-state index contributed by atoms with van der Waals surface area (Å²) in [6.07, 6.45) is -12.4. The van der Waals surface area contributed by atoms with E-state index in [1.54, 1.807) is 114 Å². The van der Waals surface area contributed by atoms with Gasteiger partial charge in [-0.3, -0.25) is 4.98 Å². The van der Waals surface area contributed by atoms with E-state index in [-0.39, 0.29) is 23.4 Å². The molecule has 60 heavy (non-hydrogen) atoms. The van der Waals surface area contributed by atoms with Crippen LogP contribution < -0.4 is 4.74 Å². The van der Waals surface area contributed by atoms with Crippen molar-refractivity contribution in [2.24, 2.45) is 0 Å². The van der Waals surface area contributed by atoms with Gasteiger partial charge in [0.2, 0.25) is 0 Å². The molecule has 0 fully saturated rings. The van der Waals surface area contributed by atoms with E-state index in [4.69, 9.17) is 4.74 Å². The second-order valence-electron chi connectivity index (χ2n) is 17.3. The van der Waals surface area contributed by atoms with E-state index in [2.05, 4.69) is 11.1 Å². The van der Waals surface area contributed by atoms with Crippen molar-refractivity contribution in [3.63, 3.8) is 0 Å². The minimum absolute atomic E-state index is 0.00879. The van der Waals surface area contributed by atoms with E-state index in [9.17, 15) is 15.5 Å². The Morgan fingerprint density at radius 3 is 2.02 bits per heavy atom. The molecule has 6 nitrogen and oxygen atoms in total. The molecule has 0 aliphatic heterocycles. The highest BCUT2D eigenvalue weighted by atomic mass is 19.4. The molecule has 6 rings (SSSR count). The van der Waals surface area contributed by atoms with Crippen LogP contribution in [-0.2, 0) is 30.2 Å². The predicted molar refractivity (Wildman–Crippen MR) is 221 cm³/mol. The zero-order valence-corrected chi connectivity index (χ0v) is 34.7. The van der Waals surface area contributed by atoms with E-state index >= 15 is 26.3 Å². The Kier molecular flexibility index (Phi) is 11.7. The SMILES string of the molecule is COc1ccc(C)cc1C(C)(C)CC(O)(Cc1cc2c(C)cc(C#N)cc2n1CC(C)(CC(O)(Cc1ccnc2ccccc12)C(F)(F)F)c1ccccc1C)C(F)(F)F. The molecule has 0 aliphatic carbocycles. The maximum absolute atomic E-state index is 15.6. The van der Waals surface area contributed by atoms with Crippen LogP contribution in [0.2, 0.25) is 0 Å². The maximum Gasteiger partial charge on any atom is 0.417 e. The predicted octanol–water partition coefficient (Wildman–Crippen LogP) is 11.1. The van der Waals surface area contributed by atoms with Gasteiger partial charge >= 0.3 is 12.4 Å². The number of rotatable bonds is 13. The summed E-state index contributed by atoms with van der Waals surface area (Å²) in [4.78, 5) is 4.28. The molecule has 2 aromatic heterocycles. The molecule has 0 radical (unpaired) electrons. The van der Waals surface area contributed by atoms with Crippen molar-refractivity contribution in [3.8, 4) is 11.8 Å². The van der Waals surface area contributed by atoms with Crippen LogP contribution in [0.25, 0.3) is 21.8 Å². The number of nitrogens with zero attached hydrogens (tertiary/aromatic N) is 3. The highest BCUT2D eigenvalue weighted by Gasteiger charge is 2.58. The number of methoxy groups -OCH3 is 1. The lowest BCUT2D eigenvalue weighted by Gasteiger charge is -2.42. The number of hydrogen-bond donors (Lipinski definition) is 2. The summed E-state index contributed by atoms with van der Waals surface area (Å²) in [7, 11) is 1.42. The third-order valence-electron chi connectivity index (χ3n) is 12.0. The van der Waals surface area contributed by atoms with Gasteiger partial charge in [0, 0.05) is 58.5 Å². The molecule has 2 N–H and O–H groups in total. The van der Waals surface area contributed by atoms with Crippen molar-refractivity contribution < 1.29 is 41.3 Å². The van der Waals surface area contributed by atoms with Crippen LogP contribution in [-0.4, -0.2) is 50.4 Å². The normalized spacial score (nSPS) is 15.6. The van der Waals surface area contributed by atoms with Crippen molar-refractivity contribution in [1.82, 2.24) is 9.55 Å². The summed E-state index contributed by atoms with van der Waals surface area (Å²) < 4.78 is 100. The van der Waals surface area contributed by atoms with Crippen LogP contribution in [0.5, 0.6) is 5.75 Å². The van der Waals surface area contributed by atoms with Gasteiger partial charge in [-0.15, -0.1) is 0 Å². The largest absolute Gasteiger partial charge is 0.496 e. The van der Waals surface area contributed by atoms with Crippen molar-refractivity contribution in [1.29, 1.82) is 5.26 Å². The third-order valence-corrected chi connectivity index (χ3v) is 12.0. The van der Waals surface area contributed by atoms with Gasteiger partial charge in [-0.25, -0.2) is 0 Å². The molecule has 6 aromatic rings. The van der Waals surface area contributed by atoms with E-state index in [1.165, 1.54) is 36.1 Å². The Hall–Kier alpha value is -5.38. The summed E-state index contributed by atoms with van der Waals surface area (Å²) in [6, 6.07) is 26.8. The molecule has 12 heteroatoms. The lowest BCUT2D eigenvalue weighted by atomic mass is 9.70. The van der Waals surface area contributed by atoms with Crippen LogP contribution in [0.4, 0.5) is 26.3 Å². The molecular weight excluding hydrogens is 781 g/mol. The van der Waals surface area contributed by atoms with Gasteiger partial charge in [-0.1, -0.05) is 80.9 Å². The number of hydrogen-bond acceptors (Lipinski definition) is 5. The topological polar surface area (TPSA) is 91.3 Å². The van der Waals surface area contributed by atoms with E-state index < -0.39 is 60.1 Å². The third kappa shape index (κ3) is 8.48. The minimum atomic E-state index is -5.17. The maximum atomic E-state index is 15.6. The second kappa shape index (κ2) is 15.9. The number of fused-ring (bicyclic) bond motifs is 2. The van der Waals surface area contributed by atoms with Crippen molar-refractivity contribution in [2.75, 3.05) is 7.11 Å². The molecule has 4 aromatic carbocycles. The Bertz CT molecular complexity index is 2580. The summed E-state index contributed by atoms with van der Waals surface area (Å²) in [5.41, 5.74) is -5.59. The average Bonchev–Trinajstić information content (AvgIpc) is 3.49. The number of nitriles is 1. The number of pyridine rings is 1.